The van der Waals surface area contributed by atoms with Gasteiger partial charge in [0.25, 0.3) is 0 Å². The Morgan fingerprint density at radius 1 is 1.54 bits per heavy atom. The van der Waals surface area contributed by atoms with Crippen LogP contribution in [0.15, 0.2) is 6.20 Å². The van der Waals surface area contributed by atoms with Crippen LogP contribution in [0.5, 0.6) is 0 Å². The van der Waals surface area contributed by atoms with Crippen LogP contribution in [-0.4, -0.2) is 16.6 Å². The van der Waals surface area contributed by atoms with E-state index >= 15 is 0 Å². The van der Waals surface area contributed by atoms with Crippen LogP contribution in [0.2, 0.25) is 0 Å². The summed E-state index contributed by atoms with van der Waals surface area (Å²) in [6.45, 7) is 0.689. The van der Waals surface area contributed by atoms with Crippen molar-refractivity contribution in [3.63, 3.8) is 0 Å². The summed E-state index contributed by atoms with van der Waals surface area (Å²) >= 11 is 0. The van der Waals surface area contributed by atoms with Crippen LogP contribution < -0.4 is 0 Å². The molecule has 2 heterocycles. The molecule has 1 unspecified atom stereocenters. The van der Waals surface area contributed by atoms with Gasteiger partial charge in [-0.3, -0.25) is 0 Å². The van der Waals surface area contributed by atoms with Crippen molar-refractivity contribution in [3.05, 3.63) is 24.0 Å². The molecule has 1 aromatic heterocycles. The number of aromatic nitrogens is 2. The molecule has 1 radical (unpaired) electrons. The number of halogens is 1. The summed E-state index contributed by atoms with van der Waals surface area (Å²) in [6.07, 6.45) is 6.25. The Morgan fingerprint density at radius 2 is 2.46 bits per heavy atom. The van der Waals surface area contributed by atoms with Crippen molar-refractivity contribution in [2.24, 2.45) is 0 Å². The molecule has 0 N–H and O–H groups in total. The molecule has 0 spiro atoms. The third-order valence-electron chi connectivity index (χ3n) is 2.14. The second-order valence-corrected chi connectivity index (χ2v) is 3.06. The van der Waals surface area contributed by atoms with E-state index in [1.54, 1.807) is 0 Å². The van der Waals surface area contributed by atoms with Crippen molar-refractivity contribution in [2.75, 3.05) is 6.61 Å². The minimum Gasteiger partial charge on any atom is -0.372 e. The first-order valence-electron chi connectivity index (χ1n) is 4.38. The smallest absolute Gasteiger partial charge is 0.198 e. The van der Waals surface area contributed by atoms with Gasteiger partial charge in [0.05, 0.1) is 6.20 Å². The predicted octanol–water partition coefficient (Wildman–Crippen LogP) is 1.66. The van der Waals surface area contributed by atoms with Crippen molar-refractivity contribution in [1.82, 2.24) is 9.97 Å². The van der Waals surface area contributed by atoms with E-state index in [1.165, 1.54) is 0 Å². The highest BCUT2D eigenvalue weighted by Crippen LogP contribution is 2.27. The van der Waals surface area contributed by atoms with Crippen LogP contribution in [0.3, 0.4) is 0 Å². The Morgan fingerprint density at radius 3 is 3.15 bits per heavy atom. The van der Waals surface area contributed by atoms with Gasteiger partial charge in [-0.25, -0.2) is 14.4 Å². The topological polar surface area (TPSA) is 35.0 Å². The largest absolute Gasteiger partial charge is 0.372 e. The minimum absolute atomic E-state index is 0.201. The minimum atomic E-state index is -0.398. The van der Waals surface area contributed by atoms with Crippen LogP contribution in [0.25, 0.3) is 0 Å². The molecule has 1 atom stereocenters. The molecule has 1 aliphatic heterocycles. The highest BCUT2D eigenvalue weighted by molar-refractivity contribution is 5.05. The van der Waals surface area contributed by atoms with Gasteiger partial charge in [0, 0.05) is 6.61 Å². The van der Waals surface area contributed by atoms with Gasteiger partial charge in [-0.05, 0) is 19.3 Å². The molecule has 0 bridgehead atoms. The molecular formula is C9H10FN2O. The quantitative estimate of drug-likeness (QED) is 0.660. The maximum absolute atomic E-state index is 13.1. The molecule has 3 nitrogen and oxygen atoms in total. The lowest BCUT2D eigenvalue weighted by molar-refractivity contribution is 0.00984. The Bertz CT molecular complexity index is 287. The maximum atomic E-state index is 13.1. The Hall–Kier alpha value is -1.03. The lowest BCUT2D eigenvalue weighted by Gasteiger charge is -2.21. The van der Waals surface area contributed by atoms with Gasteiger partial charge in [0.15, 0.2) is 12.1 Å². The van der Waals surface area contributed by atoms with Crippen molar-refractivity contribution in [1.29, 1.82) is 0 Å². The molecular weight excluding hydrogens is 171 g/mol. The van der Waals surface area contributed by atoms with Gasteiger partial charge in [-0.1, -0.05) is 0 Å². The third-order valence-corrected chi connectivity index (χ3v) is 2.14. The highest BCUT2D eigenvalue weighted by Gasteiger charge is 2.20. The molecule has 0 aliphatic carbocycles. The van der Waals surface area contributed by atoms with E-state index in [9.17, 15) is 4.39 Å². The van der Waals surface area contributed by atoms with Crippen LogP contribution >= 0.6 is 0 Å². The van der Waals surface area contributed by atoms with Crippen molar-refractivity contribution >= 4 is 0 Å². The van der Waals surface area contributed by atoms with Crippen LogP contribution in [0.4, 0.5) is 4.39 Å². The molecule has 0 saturated carbocycles. The van der Waals surface area contributed by atoms with E-state index in [4.69, 9.17) is 4.74 Å². The molecule has 1 aromatic rings. The van der Waals surface area contributed by atoms with Crippen molar-refractivity contribution in [3.8, 4) is 0 Å². The van der Waals surface area contributed by atoms with Gasteiger partial charge in [-0.2, -0.15) is 0 Å². The number of hydrogen-bond donors (Lipinski definition) is 0. The van der Waals surface area contributed by atoms with E-state index < -0.39 is 5.82 Å². The molecule has 13 heavy (non-hydrogen) atoms. The SMILES string of the molecule is Fc1cn[c]nc1C1CCCCO1. The van der Waals surface area contributed by atoms with Crippen LogP contribution in [-0.2, 0) is 4.74 Å². The van der Waals surface area contributed by atoms with Gasteiger partial charge in [-0.15, -0.1) is 0 Å². The van der Waals surface area contributed by atoms with E-state index in [2.05, 4.69) is 16.3 Å². The zero-order valence-corrected chi connectivity index (χ0v) is 7.16. The summed E-state index contributed by atoms with van der Waals surface area (Å²) in [6, 6.07) is 0. The molecule has 2 rings (SSSR count). The average molecular weight is 181 g/mol. The Balaban J connectivity index is 2.18. The van der Waals surface area contributed by atoms with Crippen LogP contribution in [0, 0.1) is 12.1 Å². The zero-order valence-electron chi connectivity index (χ0n) is 7.16. The first kappa shape index (κ1) is 8.56. The molecule has 1 saturated heterocycles. The summed E-state index contributed by atoms with van der Waals surface area (Å²) in [4.78, 5) is 7.24. The summed E-state index contributed by atoms with van der Waals surface area (Å²) in [5.41, 5.74) is 0.342. The van der Waals surface area contributed by atoms with Crippen LogP contribution in [0.1, 0.15) is 31.1 Å². The number of nitrogens with zero attached hydrogens (tertiary/aromatic N) is 2. The average Bonchev–Trinajstić information content (AvgIpc) is 2.20. The van der Waals surface area contributed by atoms with Crippen molar-refractivity contribution < 1.29 is 9.13 Å². The first-order valence-corrected chi connectivity index (χ1v) is 4.38. The summed E-state index contributed by atoms with van der Waals surface area (Å²) in [7, 11) is 0. The lowest BCUT2D eigenvalue weighted by atomic mass is 10.1. The van der Waals surface area contributed by atoms with E-state index in [0.29, 0.717) is 12.3 Å². The fourth-order valence-electron chi connectivity index (χ4n) is 1.47. The molecule has 1 fully saturated rings. The van der Waals surface area contributed by atoms with E-state index in [1.807, 2.05) is 0 Å². The fraction of sp³-hybridized carbons (Fsp3) is 0.556. The second kappa shape index (κ2) is 3.79. The van der Waals surface area contributed by atoms with Gasteiger partial charge >= 0.3 is 0 Å². The van der Waals surface area contributed by atoms with Gasteiger partial charge < -0.3 is 4.74 Å². The third kappa shape index (κ3) is 1.83. The molecule has 0 aromatic carbocycles. The Labute approximate surface area is 76.0 Å². The lowest BCUT2D eigenvalue weighted by Crippen LogP contribution is -2.14. The van der Waals surface area contributed by atoms with Crippen molar-refractivity contribution in [2.45, 2.75) is 25.4 Å². The van der Waals surface area contributed by atoms with Gasteiger partial charge in [0.2, 0.25) is 0 Å². The Kier molecular flexibility index (Phi) is 2.49. The summed E-state index contributed by atoms with van der Waals surface area (Å²) in [5, 5.41) is 0. The fourth-order valence-corrected chi connectivity index (χ4v) is 1.47. The highest BCUT2D eigenvalue weighted by atomic mass is 19.1. The predicted molar refractivity (Wildman–Crippen MR) is 43.4 cm³/mol. The standard InChI is InChI=1S/C9H10FN2O/c10-7-5-11-6-12-9(7)8-3-1-2-4-13-8/h5,8H,1-4H2. The number of ether oxygens (including phenoxy) is 1. The normalized spacial score (nSPS) is 23.0. The van der Waals surface area contributed by atoms with E-state index in [-0.39, 0.29) is 6.10 Å². The monoisotopic (exact) mass is 181 g/mol. The zero-order chi connectivity index (χ0) is 9.10. The number of rotatable bonds is 1. The van der Waals surface area contributed by atoms with E-state index in [0.717, 1.165) is 25.5 Å². The molecule has 0 amide bonds. The summed E-state index contributed by atoms with van der Waals surface area (Å²) in [5.74, 6) is -0.398. The summed E-state index contributed by atoms with van der Waals surface area (Å²) < 4.78 is 18.5. The molecule has 69 valence electrons. The second-order valence-electron chi connectivity index (χ2n) is 3.06. The first-order chi connectivity index (χ1) is 6.38. The maximum Gasteiger partial charge on any atom is 0.198 e. The molecule has 4 heteroatoms. The van der Waals surface area contributed by atoms with Gasteiger partial charge in [0.1, 0.15) is 11.8 Å². The number of hydrogen-bond acceptors (Lipinski definition) is 3. The molecule has 1 aliphatic rings.